The maximum absolute atomic E-state index is 5.53. The minimum atomic E-state index is 0.426. The second kappa shape index (κ2) is 12.6. The van der Waals surface area contributed by atoms with Crippen LogP contribution in [0.4, 0.5) is 0 Å². The summed E-state index contributed by atoms with van der Waals surface area (Å²) in [7, 11) is 0. The molecule has 0 bridgehead atoms. The summed E-state index contributed by atoms with van der Waals surface area (Å²) in [5.41, 5.74) is 0. The predicted octanol–water partition coefficient (Wildman–Crippen LogP) is 5.35. The summed E-state index contributed by atoms with van der Waals surface area (Å²) < 4.78 is 10.6. The third-order valence-electron chi connectivity index (χ3n) is 4.03. The molecule has 0 aromatic carbocycles. The molecule has 0 radical (unpaired) electrons. The molecule has 2 heteroatoms. The van der Waals surface area contributed by atoms with Crippen LogP contribution in [0.25, 0.3) is 0 Å². The van der Waals surface area contributed by atoms with Gasteiger partial charge in [-0.15, -0.1) is 0 Å². The Labute approximate surface area is 126 Å². The summed E-state index contributed by atoms with van der Waals surface area (Å²) in [6.07, 6.45) is 15.8. The summed E-state index contributed by atoms with van der Waals surface area (Å²) in [6.45, 7) is 7.31. The summed E-state index contributed by atoms with van der Waals surface area (Å²) in [5.74, 6) is 0.885. The van der Waals surface area contributed by atoms with Crippen LogP contribution < -0.4 is 0 Å². The van der Waals surface area contributed by atoms with Crippen molar-refractivity contribution in [2.75, 3.05) is 19.8 Å². The predicted molar refractivity (Wildman–Crippen MR) is 86.2 cm³/mol. The Hall–Kier alpha value is -0.0800. The molecule has 0 aromatic rings. The van der Waals surface area contributed by atoms with Crippen molar-refractivity contribution in [1.82, 2.24) is 0 Å². The highest BCUT2D eigenvalue weighted by Crippen LogP contribution is 2.13. The van der Waals surface area contributed by atoms with E-state index in [1.807, 2.05) is 0 Å². The van der Waals surface area contributed by atoms with Crippen molar-refractivity contribution in [2.45, 2.75) is 90.6 Å². The molecule has 1 atom stereocenters. The molecule has 0 saturated carbocycles. The first-order valence-corrected chi connectivity index (χ1v) is 8.98. The number of hydrogen-bond donors (Lipinski definition) is 0. The monoisotopic (exact) mass is 284 g/mol. The average Bonchev–Trinajstić information content (AvgIpc) is 3.23. The van der Waals surface area contributed by atoms with Gasteiger partial charge >= 0.3 is 0 Å². The van der Waals surface area contributed by atoms with E-state index in [-0.39, 0.29) is 0 Å². The lowest BCUT2D eigenvalue weighted by molar-refractivity contribution is 0.113. The fraction of sp³-hybridized carbons (Fsp3) is 1.00. The van der Waals surface area contributed by atoms with Crippen molar-refractivity contribution >= 4 is 0 Å². The summed E-state index contributed by atoms with van der Waals surface area (Å²) in [5, 5.41) is 0. The van der Waals surface area contributed by atoms with Gasteiger partial charge in [0.05, 0.1) is 13.2 Å². The van der Waals surface area contributed by atoms with Gasteiger partial charge in [0.1, 0.15) is 6.10 Å². The molecule has 0 aromatic heterocycles. The van der Waals surface area contributed by atoms with E-state index in [9.17, 15) is 0 Å². The summed E-state index contributed by atoms with van der Waals surface area (Å²) >= 11 is 0. The van der Waals surface area contributed by atoms with Crippen LogP contribution in [0.5, 0.6) is 0 Å². The molecule has 0 N–H and O–H groups in total. The third kappa shape index (κ3) is 12.9. The Balaban J connectivity index is 1.62. The number of hydrogen-bond acceptors (Lipinski definition) is 2. The second-order valence-corrected chi connectivity index (χ2v) is 6.75. The van der Waals surface area contributed by atoms with Crippen LogP contribution >= 0.6 is 0 Å². The Morgan fingerprint density at radius 1 is 0.850 bits per heavy atom. The van der Waals surface area contributed by atoms with Crippen molar-refractivity contribution < 1.29 is 9.47 Å². The van der Waals surface area contributed by atoms with Gasteiger partial charge in [-0.1, -0.05) is 78.1 Å². The normalized spacial score (nSPS) is 17.9. The van der Waals surface area contributed by atoms with Crippen LogP contribution in [-0.4, -0.2) is 25.9 Å². The first-order chi connectivity index (χ1) is 9.79. The maximum atomic E-state index is 5.53. The average molecular weight is 284 g/mol. The van der Waals surface area contributed by atoms with Gasteiger partial charge in [0.15, 0.2) is 0 Å². The van der Waals surface area contributed by atoms with Crippen LogP contribution in [0, 0.1) is 5.92 Å². The quantitative estimate of drug-likeness (QED) is 0.299. The molecule has 1 heterocycles. The molecule has 1 aliphatic rings. The number of unbranched alkanes of at least 4 members (excludes halogenated alkanes) is 9. The largest absolute Gasteiger partial charge is 0.379 e. The highest BCUT2D eigenvalue weighted by atomic mass is 16.6. The van der Waals surface area contributed by atoms with E-state index in [1.165, 1.54) is 70.6 Å². The van der Waals surface area contributed by atoms with Gasteiger partial charge in [-0.25, -0.2) is 0 Å². The molecule has 2 nitrogen and oxygen atoms in total. The van der Waals surface area contributed by atoms with E-state index in [4.69, 9.17) is 9.47 Å². The lowest BCUT2D eigenvalue weighted by Crippen LogP contribution is -2.02. The van der Waals surface area contributed by atoms with Crippen molar-refractivity contribution in [2.24, 2.45) is 5.92 Å². The van der Waals surface area contributed by atoms with Crippen molar-refractivity contribution in [3.63, 3.8) is 0 Å². The Morgan fingerprint density at radius 2 is 1.35 bits per heavy atom. The molecule has 1 rings (SSSR count). The minimum Gasteiger partial charge on any atom is -0.379 e. The van der Waals surface area contributed by atoms with E-state index in [2.05, 4.69) is 13.8 Å². The lowest BCUT2D eigenvalue weighted by Gasteiger charge is -2.05. The van der Waals surface area contributed by atoms with Crippen molar-refractivity contribution in [1.29, 1.82) is 0 Å². The van der Waals surface area contributed by atoms with Crippen LogP contribution in [0.2, 0.25) is 0 Å². The first-order valence-electron chi connectivity index (χ1n) is 8.98. The van der Waals surface area contributed by atoms with Crippen molar-refractivity contribution in [3.8, 4) is 0 Å². The first kappa shape index (κ1) is 18.0. The molecule has 0 aliphatic carbocycles. The minimum absolute atomic E-state index is 0.426. The smallest absolute Gasteiger partial charge is 0.104 e. The fourth-order valence-electron chi connectivity index (χ4n) is 2.55. The molecule has 1 fully saturated rings. The SMILES string of the molecule is CC(C)CCCCCCCCCCCCOCC1CO1. The zero-order valence-corrected chi connectivity index (χ0v) is 13.9. The highest BCUT2D eigenvalue weighted by molar-refractivity contribution is 4.66. The molecule has 1 aliphatic heterocycles. The van der Waals surface area contributed by atoms with E-state index in [0.29, 0.717) is 6.10 Å². The highest BCUT2D eigenvalue weighted by Gasteiger charge is 2.21. The molecule has 20 heavy (non-hydrogen) atoms. The maximum Gasteiger partial charge on any atom is 0.104 e. The molecule has 0 spiro atoms. The van der Waals surface area contributed by atoms with Crippen LogP contribution in [0.3, 0.4) is 0 Å². The van der Waals surface area contributed by atoms with Crippen LogP contribution in [0.15, 0.2) is 0 Å². The number of ether oxygens (including phenoxy) is 2. The molecule has 1 unspecified atom stereocenters. The second-order valence-electron chi connectivity index (χ2n) is 6.75. The Bertz CT molecular complexity index is 186. The molecular weight excluding hydrogens is 248 g/mol. The molecule has 0 amide bonds. The van der Waals surface area contributed by atoms with Gasteiger partial charge in [0.25, 0.3) is 0 Å². The van der Waals surface area contributed by atoms with Gasteiger partial charge in [0, 0.05) is 6.61 Å². The topological polar surface area (TPSA) is 21.8 Å². The van der Waals surface area contributed by atoms with E-state index >= 15 is 0 Å². The standard InChI is InChI=1S/C18H36O2/c1-17(2)13-11-9-7-5-3-4-6-8-10-12-14-19-15-18-16-20-18/h17-18H,3-16H2,1-2H3. The third-order valence-corrected chi connectivity index (χ3v) is 4.03. The fourth-order valence-corrected chi connectivity index (χ4v) is 2.55. The van der Waals surface area contributed by atoms with Gasteiger partial charge in [-0.2, -0.15) is 0 Å². The van der Waals surface area contributed by atoms with Gasteiger partial charge in [0.2, 0.25) is 0 Å². The zero-order valence-electron chi connectivity index (χ0n) is 13.9. The lowest BCUT2D eigenvalue weighted by atomic mass is 10.0. The number of epoxide rings is 1. The van der Waals surface area contributed by atoms with Crippen LogP contribution in [-0.2, 0) is 9.47 Å². The molecule has 1 saturated heterocycles. The zero-order chi connectivity index (χ0) is 14.5. The Morgan fingerprint density at radius 3 is 1.85 bits per heavy atom. The van der Waals surface area contributed by atoms with Gasteiger partial charge in [-0.05, 0) is 12.3 Å². The van der Waals surface area contributed by atoms with E-state index in [0.717, 1.165) is 25.7 Å². The molecule has 120 valence electrons. The van der Waals surface area contributed by atoms with Gasteiger partial charge < -0.3 is 9.47 Å². The number of rotatable bonds is 15. The summed E-state index contributed by atoms with van der Waals surface area (Å²) in [4.78, 5) is 0. The van der Waals surface area contributed by atoms with Crippen molar-refractivity contribution in [3.05, 3.63) is 0 Å². The van der Waals surface area contributed by atoms with E-state index in [1.54, 1.807) is 0 Å². The molecular formula is C18H36O2. The van der Waals surface area contributed by atoms with Crippen LogP contribution in [0.1, 0.15) is 84.5 Å². The Kier molecular flexibility index (Phi) is 11.4. The summed E-state index contributed by atoms with van der Waals surface area (Å²) in [6, 6.07) is 0. The van der Waals surface area contributed by atoms with Gasteiger partial charge in [-0.3, -0.25) is 0 Å². The van der Waals surface area contributed by atoms with E-state index < -0.39 is 0 Å².